The molecule has 1 N–H and O–H groups in total. The van der Waals surface area contributed by atoms with Crippen LogP contribution in [0.15, 0.2) is 36.1 Å². The molecule has 1 rings (SSSR count). The topological polar surface area (TPSA) is 38.3 Å². The van der Waals surface area contributed by atoms with Crippen molar-refractivity contribution in [2.75, 3.05) is 13.8 Å². The summed E-state index contributed by atoms with van der Waals surface area (Å²) in [4.78, 5) is 10.6. The lowest BCUT2D eigenvalue weighted by atomic mass is 10.2. The van der Waals surface area contributed by atoms with E-state index in [0.29, 0.717) is 18.8 Å². The molecule has 0 spiro atoms. The van der Waals surface area contributed by atoms with Gasteiger partial charge in [0, 0.05) is 0 Å². The van der Waals surface area contributed by atoms with Crippen LogP contribution in [0.5, 0.6) is 0 Å². The van der Waals surface area contributed by atoms with Crippen LogP contribution in [0.2, 0.25) is 0 Å². The van der Waals surface area contributed by atoms with Gasteiger partial charge in [-0.3, -0.25) is 10.1 Å². The minimum Gasteiger partial charge on any atom is -0.475 e. The van der Waals surface area contributed by atoms with Crippen LogP contribution in [-0.2, 0) is 9.53 Å². The fourth-order valence-corrected chi connectivity index (χ4v) is 0.979. The summed E-state index contributed by atoms with van der Waals surface area (Å²) in [6.45, 7) is 0.331. The summed E-state index contributed by atoms with van der Waals surface area (Å²) >= 11 is 0. The Hall–Kier alpha value is -1.61. The number of ether oxygens (including phenoxy) is 1. The Morgan fingerprint density at radius 1 is 1.43 bits per heavy atom. The molecule has 0 saturated carbocycles. The van der Waals surface area contributed by atoms with E-state index in [1.54, 1.807) is 13.1 Å². The van der Waals surface area contributed by atoms with Crippen molar-refractivity contribution in [3.05, 3.63) is 41.7 Å². The van der Waals surface area contributed by atoms with Crippen LogP contribution < -0.4 is 5.32 Å². The second-order valence-electron chi connectivity index (χ2n) is 2.72. The van der Waals surface area contributed by atoms with Gasteiger partial charge in [0.15, 0.2) is 12.0 Å². The van der Waals surface area contributed by atoms with Gasteiger partial charge in [-0.1, -0.05) is 30.3 Å². The highest BCUT2D eigenvalue weighted by molar-refractivity contribution is 5.78. The fourth-order valence-electron chi connectivity index (χ4n) is 0.979. The van der Waals surface area contributed by atoms with E-state index in [4.69, 9.17) is 4.74 Å². The molecule has 0 aromatic heterocycles. The maximum atomic E-state index is 10.6. The molecule has 0 unspecified atom stereocenters. The quantitative estimate of drug-likeness (QED) is 0.331. The average molecular weight is 191 g/mol. The summed E-state index contributed by atoms with van der Waals surface area (Å²) in [6, 6.07) is 9.56. The Balaban J connectivity index is 2.68. The molecule has 1 aromatic rings. The third kappa shape index (κ3) is 3.41. The molecule has 3 heteroatoms. The standard InChI is InChI=1S/C11H13NO2/c1-12-9-14-11(8-13)7-10-5-3-2-4-6-10/h2-8,12H,9H2,1H3. The van der Waals surface area contributed by atoms with Crippen molar-refractivity contribution in [1.82, 2.24) is 5.32 Å². The minimum absolute atomic E-state index is 0.325. The normalized spacial score (nSPS) is 11.1. The summed E-state index contributed by atoms with van der Waals surface area (Å²) in [6.07, 6.45) is 2.40. The van der Waals surface area contributed by atoms with Gasteiger partial charge in [0.2, 0.25) is 0 Å². The smallest absolute Gasteiger partial charge is 0.184 e. The lowest BCUT2D eigenvalue weighted by molar-refractivity contribution is -0.107. The zero-order valence-electron chi connectivity index (χ0n) is 8.07. The van der Waals surface area contributed by atoms with Crippen LogP contribution in [-0.4, -0.2) is 20.1 Å². The molecule has 0 amide bonds. The van der Waals surface area contributed by atoms with E-state index < -0.39 is 0 Å². The van der Waals surface area contributed by atoms with E-state index in [-0.39, 0.29) is 0 Å². The van der Waals surface area contributed by atoms with Crippen molar-refractivity contribution in [1.29, 1.82) is 0 Å². The van der Waals surface area contributed by atoms with Gasteiger partial charge in [-0.05, 0) is 18.7 Å². The molecule has 1 aromatic carbocycles. The van der Waals surface area contributed by atoms with E-state index in [1.807, 2.05) is 30.3 Å². The van der Waals surface area contributed by atoms with Gasteiger partial charge in [0.25, 0.3) is 0 Å². The number of carbonyl (C=O) groups excluding carboxylic acids is 1. The summed E-state index contributed by atoms with van der Waals surface area (Å²) < 4.78 is 5.13. The highest BCUT2D eigenvalue weighted by atomic mass is 16.5. The van der Waals surface area contributed by atoms with Crippen LogP contribution in [0.4, 0.5) is 0 Å². The molecule has 0 fully saturated rings. The molecule has 0 radical (unpaired) electrons. The summed E-state index contributed by atoms with van der Waals surface area (Å²) in [5, 5.41) is 2.80. The van der Waals surface area contributed by atoms with E-state index in [9.17, 15) is 4.79 Å². The lowest BCUT2D eigenvalue weighted by Gasteiger charge is -2.03. The molecule has 0 bridgehead atoms. The Morgan fingerprint density at radius 3 is 2.71 bits per heavy atom. The summed E-state index contributed by atoms with van der Waals surface area (Å²) in [5.41, 5.74) is 0.950. The van der Waals surface area contributed by atoms with Crippen molar-refractivity contribution >= 4 is 12.4 Å². The van der Waals surface area contributed by atoms with Crippen molar-refractivity contribution < 1.29 is 9.53 Å². The van der Waals surface area contributed by atoms with E-state index in [2.05, 4.69) is 5.32 Å². The van der Waals surface area contributed by atoms with Crippen LogP contribution in [0.25, 0.3) is 6.08 Å². The second kappa shape index (κ2) is 5.94. The highest BCUT2D eigenvalue weighted by Crippen LogP contribution is 2.05. The highest BCUT2D eigenvalue weighted by Gasteiger charge is 1.95. The minimum atomic E-state index is 0.325. The fraction of sp³-hybridized carbons (Fsp3) is 0.182. The first kappa shape index (κ1) is 10.5. The van der Waals surface area contributed by atoms with Crippen LogP contribution in [0.3, 0.4) is 0 Å². The first-order chi connectivity index (χ1) is 6.86. The molecule has 74 valence electrons. The SMILES string of the molecule is CNCOC(C=O)=Cc1ccccc1. The van der Waals surface area contributed by atoms with Gasteiger partial charge in [0.1, 0.15) is 6.73 Å². The lowest BCUT2D eigenvalue weighted by Crippen LogP contribution is -2.11. The molecule has 0 aliphatic heterocycles. The summed E-state index contributed by atoms with van der Waals surface area (Å²) in [7, 11) is 1.75. The number of rotatable bonds is 5. The Bertz CT molecular complexity index is 306. The number of carbonyl (C=O) groups is 1. The molecular weight excluding hydrogens is 178 g/mol. The van der Waals surface area contributed by atoms with E-state index >= 15 is 0 Å². The molecule has 0 aliphatic carbocycles. The Kier molecular flexibility index (Phi) is 4.44. The molecule has 0 atom stereocenters. The van der Waals surface area contributed by atoms with Crippen LogP contribution >= 0.6 is 0 Å². The maximum Gasteiger partial charge on any atom is 0.184 e. The number of aldehydes is 1. The van der Waals surface area contributed by atoms with Gasteiger partial charge >= 0.3 is 0 Å². The predicted molar refractivity (Wildman–Crippen MR) is 55.5 cm³/mol. The number of hydrogen-bond donors (Lipinski definition) is 1. The largest absolute Gasteiger partial charge is 0.475 e. The van der Waals surface area contributed by atoms with E-state index in [1.165, 1.54) is 0 Å². The van der Waals surface area contributed by atoms with Gasteiger partial charge in [-0.2, -0.15) is 0 Å². The zero-order chi connectivity index (χ0) is 10.2. The number of hydrogen-bond acceptors (Lipinski definition) is 3. The van der Waals surface area contributed by atoms with Crippen molar-refractivity contribution in [2.45, 2.75) is 0 Å². The molecule has 14 heavy (non-hydrogen) atoms. The Morgan fingerprint density at radius 2 is 2.14 bits per heavy atom. The number of benzene rings is 1. The van der Waals surface area contributed by atoms with Crippen molar-refractivity contribution in [3.8, 4) is 0 Å². The van der Waals surface area contributed by atoms with Gasteiger partial charge in [-0.25, -0.2) is 0 Å². The first-order valence-electron chi connectivity index (χ1n) is 4.36. The van der Waals surface area contributed by atoms with Crippen molar-refractivity contribution in [2.24, 2.45) is 0 Å². The van der Waals surface area contributed by atoms with Gasteiger partial charge in [-0.15, -0.1) is 0 Å². The first-order valence-corrected chi connectivity index (χ1v) is 4.36. The molecule has 3 nitrogen and oxygen atoms in total. The van der Waals surface area contributed by atoms with Crippen LogP contribution in [0.1, 0.15) is 5.56 Å². The number of nitrogens with one attached hydrogen (secondary N) is 1. The molecule has 0 saturated heterocycles. The average Bonchev–Trinajstić information content (AvgIpc) is 2.25. The molecule has 0 heterocycles. The zero-order valence-corrected chi connectivity index (χ0v) is 8.07. The van der Waals surface area contributed by atoms with Gasteiger partial charge in [0.05, 0.1) is 0 Å². The summed E-state index contributed by atoms with van der Waals surface area (Å²) in [5.74, 6) is 0.325. The molecule has 0 aliphatic rings. The second-order valence-corrected chi connectivity index (χ2v) is 2.72. The molecular formula is C11H13NO2. The number of allylic oxidation sites excluding steroid dienone is 1. The van der Waals surface area contributed by atoms with Crippen LogP contribution in [0, 0.1) is 0 Å². The Labute approximate surface area is 83.4 Å². The third-order valence-electron chi connectivity index (χ3n) is 1.61. The third-order valence-corrected chi connectivity index (χ3v) is 1.61. The monoisotopic (exact) mass is 191 g/mol. The van der Waals surface area contributed by atoms with Crippen molar-refractivity contribution in [3.63, 3.8) is 0 Å². The van der Waals surface area contributed by atoms with E-state index in [0.717, 1.165) is 5.56 Å². The maximum absolute atomic E-state index is 10.6. The predicted octanol–water partition coefficient (Wildman–Crippen LogP) is 1.42. The van der Waals surface area contributed by atoms with Gasteiger partial charge < -0.3 is 4.74 Å².